The first-order valence-electron chi connectivity index (χ1n) is 11.9. The van der Waals surface area contributed by atoms with Crippen LogP contribution in [0.15, 0.2) is 72.9 Å². The lowest BCUT2D eigenvalue weighted by Crippen LogP contribution is -2.46. The molecule has 0 saturated carbocycles. The van der Waals surface area contributed by atoms with Gasteiger partial charge in [0.1, 0.15) is 5.69 Å². The van der Waals surface area contributed by atoms with Gasteiger partial charge >= 0.3 is 0 Å². The fraction of sp³-hybridized carbons (Fsp3) is 0.345. The number of hydrogen-bond donors (Lipinski definition) is 1. The Hall–Kier alpha value is -3.47. The summed E-state index contributed by atoms with van der Waals surface area (Å²) < 4.78 is 0. The summed E-state index contributed by atoms with van der Waals surface area (Å²) in [5, 5.41) is 3.14. The van der Waals surface area contributed by atoms with Gasteiger partial charge in [0.25, 0.3) is 5.91 Å². The zero-order chi connectivity index (χ0) is 24.3. The van der Waals surface area contributed by atoms with Crippen molar-refractivity contribution in [3.05, 3.63) is 95.3 Å². The van der Waals surface area contributed by atoms with Gasteiger partial charge in [-0.25, -0.2) is 0 Å². The van der Waals surface area contributed by atoms with Crippen LogP contribution < -0.4 is 5.32 Å². The third-order valence-electron chi connectivity index (χ3n) is 6.58. The van der Waals surface area contributed by atoms with Crippen molar-refractivity contribution in [1.29, 1.82) is 0 Å². The van der Waals surface area contributed by atoms with E-state index in [-0.39, 0.29) is 29.2 Å². The Labute approximate surface area is 202 Å². The summed E-state index contributed by atoms with van der Waals surface area (Å²) in [5.41, 5.74) is 4.19. The van der Waals surface area contributed by atoms with E-state index in [0.717, 1.165) is 35.2 Å². The van der Waals surface area contributed by atoms with Crippen molar-refractivity contribution < 1.29 is 9.59 Å². The molecule has 1 aliphatic heterocycles. The molecule has 0 bridgehead atoms. The molecule has 5 nitrogen and oxygen atoms in total. The zero-order valence-electron chi connectivity index (χ0n) is 20.4. The van der Waals surface area contributed by atoms with Gasteiger partial charge in [-0.2, -0.15) is 0 Å². The molecule has 3 aromatic rings. The van der Waals surface area contributed by atoms with Crippen LogP contribution in [0.2, 0.25) is 0 Å². The van der Waals surface area contributed by atoms with E-state index in [4.69, 9.17) is 0 Å². The Balaban J connectivity index is 1.66. The fourth-order valence-corrected chi connectivity index (χ4v) is 4.70. The van der Waals surface area contributed by atoms with Crippen LogP contribution in [-0.4, -0.2) is 28.2 Å². The van der Waals surface area contributed by atoms with Gasteiger partial charge in [0, 0.05) is 18.4 Å². The number of hydrogen-bond acceptors (Lipinski definition) is 3. The van der Waals surface area contributed by atoms with E-state index >= 15 is 0 Å². The number of rotatable bonds is 4. The summed E-state index contributed by atoms with van der Waals surface area (Å²) >= 11 is 0. The van der Waals surface area contributed by atoms with Crippen LogP contribution in [0, 0.1) is 12.8 Å². The summed E-state index contributed by atoms with van der Waals surface area (Å²) in [6.45, 7) is 8.96. The lowest BCUT2D eigenvalue weighted by atomic mass is 9.83. The molecular formula is C29H33N3O2. The van der Waals surface area contributed by atoms with E-state index in [9.17, 15) is 9.59 Å². The van der Waals surface area contributed by atoms with Crippen LogP contribution in [0.4, 0.5) is 5.69 Å². The van der Waals surface area contributed by atoms with Crippen molar-refractivity contribution in [3.63, 3.8) is 0 Å². The van der Waals surface area contributed by atoms with Crippen LogP contribution in [0.3, 0.4) is 0 Å². The summed E-state index contributed by atoms with van der Waals surface area (Å²) in [6, 6.07) is 21.3. The first-order valence-corrected chi connectivity index (χ1v) is 11.9. The monoisotopic (exact) mass is 455 g/mol. The first-order chi connectivity index (χ1) is 16.3. The van der Waals surface area contributed by atoms with Crippen LogP contribution in [-0.2, 0) is 10.2 Å². The topological polar surface area (TPSA) is 62.3 Å². The summed E-state index contributed by atoms with van der Waals surface area (Å²) in [5.74, 6) is -0.545. The highest BCUT2D eigenvalue weighted by atomic mass is 16.2. The Kier molecular flexibility index (Phi) is 6.82. The first kappa shape index (κ1) is 23.7. The summed E-state index contributed by atoms with van der Waals surface area (Å²) in [4.78, 5) is 33.4. The van der Waals surface area contributed by atoms with Gasteiger partial charge in [0.2, 0.25) is 5.91 Å². The molecule has 4 rings (SSSR count). The predicted molar refractivity (Wildman–Crippen MR) is 136 cm³/mol. The molecule has 1 aromatic heterocycles. The highest BCUT2D eigenvalue weighted by molar-refractivity contribution is 5.96. The number of aromatic nitrogens is 1. The Morgan fingerprint density at radius 3 is 2.47 bits per heavy atom. The summed E-state index contributed by atoms with van der Waals surface area (Å²) in [7, 11) is 0. The molecule has 0 aliphatic carbocycles. The summed E-state index contributed by atoms with van der Waals surface area (Å²) in [6.07, 6.45) is 3.13. The maximum Gasteiger partial charge on any atom is 0.273 e. The minimum Gasteiger partial charge on any atom is -0.329 e. The normalized spacial score (nSPS) is 18.4. The highest BCUT2D eigenvalue weighted by Gasteiger charge is 2.40. The van der Waals surface area contributed by atoms with Gasteiger partial charge in [0.15, 0.2) is 0 Å². The van der Waals surface area contributed by atoms with Crippen molar-refractivity contribution in [2.45, 2.75) is 52.0 Å². The maximum absolute atomic E-state index is 13.6. The number of likely N-dealkylation sites (tertiary alicyclic amines) is 1. The lowest BCUT2D eigenvalue weighted by Gasteiger charge is -2.41. The Morgan fingerprint density at radius 2 is 1.76 bits per heavy atom. The SMILES string of the molecule is Cc1cccnc1C(=O)N1CCCC(C(=O)Nc2cccc(C(C)(C)C)c2)[C@@H]1c1ccccc1. The van der Waals surface area contributed by atoms with E-state index in [1.807, 2.05) is 72.5 Å². The smallest absolute Gasteiger partial charge is 0.273 e. The van der Waals surface area contributed by atoms with Gasteiger partial charge < -0.3 is 10.2 Å². The minimum atomic E-state index is -0.359. The van der Waals surface area contributed by atoms with E-state index in [2.05, 4.69) is 37.1 Å². The number of piperidine rings is 1. The quantitative estimate of drug-likeness (QED) is 0.531. The van der Waals surface area contributed by atoms with Gasteiger partial charge in [0.05, 0.1) is 12.0 Å². The molecule has 1 unspecified atom stereocenters. The maximum atomic E-state index is 13.6. The molecule has 34 heavy (non-hydrogen) atoms. The highest BCUT2D eigenvalue weighted by Crippen LogP contribution is 2.38. The molecule has 2 amide bonds. The van der Waals surface area contributed by atoms with Gasteiger partial charge in [-0.05, 0) is 60.1 Å². The second kappa shape index (κ2) is 9.80. The van der Waals surface area contributed by atoms with Crippen molar-refractivity contribution in [3.8, 4) is 0 Å². The predicted octanol–water partition coefficient (Wildman–Crippen LogP) is 5.92. The minimum absolute atomic E-state index is 0.0120. The Bertz CT molecular complexity index is 1170. The third kappa shape index (κ3) is 5.04. The average Bonchev–Trinajstić information content (AvgIpc) is 2.83. The van der Waals surface area contributed by atoms with Crippen LogP contribution in [0.25, 0.3) is 0 Å². The third-order valence-corrected chi connectivity index (χ3v) is 6.58. The number of nitrogens with one attached hydrogen (secondary N) is 1. The molecule has 2 atom stereocenters. The molecule has 5 heteroatoms. The van der Waals surface area contributed by atoms with Gasteiger partial charge in [-0.15, -0.1) is 0 Å². The number of benzene rings is 2. The second-order valence-corrected chi connectivity index (χ2v) is 10.1. The molecular weight excluding hydrogens is 422 g/mol. The number of carbonyl (C=O) groups excluding carboxylic acids is 2. The second-order valence-electron chi connectivity index (χ2n) is 10.1. The molecule has 2 heterocycles. The number of nitrogens with zero attached hydrogens (tertiary/aromatic N) is 2. The molecule has 0 spiro atoms. The number of anilines is 1. The molecule has 1 aliphatic rings. The molecule has 176 valence electrons. The molecule has 1 saturated heterocycles. The molecule has 0 radical (unpaired) electrons. The van der Waals surface area contributed by atoms with Crippen LogP contribution in [0.5, 0.6) is 0 Å². The molecule has 1 N–H and O–H groups in total. The number of pyridine rings is 1. The standard InChI is InChI=1S/C29H33N3O2/c1-20-11-9-17-30-25(20)28(34)32-18-10-16-24(26(32)21-12-6-5-7-13-21)27(33)31-23-15-8-14-22(19-23)29(2,3)4/h5-9,11-15,17,19,24,26H,10,16,18H2,1-4H3,(H,31,33)/t24?,26-/m0/s1. The van der Waals surface area contributed by atoms with Crippen molar-refractivity contribution in [2.24, 2.45) is 5.92 Å². The van der Waals surface area contributed by atoms with Gasteiger partial charge in [-0.1, -0.05) is 69.3 Å². The largest absolute Gasteiger partial charge is 0.329 e. The Morgan fingerprint density at radius 1 is 1.00 bits per heavy atom. The van der Waals surface area contributed by atoms with Crippen LogP contribution >= 0.6 is 0 Å². The molecule has 2 aromatic carbocycles. The average molecular weight is 456 g/mol. The number of aryl methyl sites for hydroxylation is 1. The van der Waals surface area contributed by atoms with Crippen molar-refractivity contribution >= 4 is 17.5 Å². The van der Waals surface area contributed by atoms with Gasteiger partial charge in [-0.3, -0.25) is 14.6 Å². The zero-order valence-corrected chi connectivity index (χ0v) is 20.4. The van der Waals surface area contributed by atoms with Crippen LogP contribution in [0.1, 0.15) is 66.8 Å². The van der Waals surface area contributed by atoms with Crippen molar-refractivity contribution in [2.75, 3.05) is 11.9 Å². The fourth-order valence-electron chi connectivity index (χ4n) is 4.70. The van der Waals surface area contributed by atoms with E-state index in [0.29, 0.717) is 12.2 Å². The lowest BCUT2D eigenvalue weighted by molar-refractivity contribution is -0.123. The molecule has 1 fully saturated rings. The van der Waals surface area contributed by atoms with Crippen molar-refractivity contribution in [1.82, 2.24) is 9.88 Å². The van der Waals surface area contributed by atoms with E-state index < -0.39 is 0 Å². The number of carbonyl (C=O) groups is 2. The number of amides is 2. The van der Waals surface area contributed by atoms with E-state index in [1.165, 1.54) is 0 Å². The van der Waals surface area contributed by atoms with E-state index in [1.54, 1.807) is 6.20 Å².